The minimum atomic E-state index is -1.22. The SMILES string of the molecule is CCN(CC)CCOC1=CC2CN(C(=O)C3C=C(C(=O)N(C)Cc4ccco4)C(O)=CC3O)CC2C=C1. The van der Waals surface area contributed by atoms with Crippen LogP contribution in [0, 0.1) is 17.8 Å². The van der Waals surface area contributed by atoms with Crippen LogP contribution >= 0.6 is 0 Å². The van der Waals surface area contributed by atoms with Gasteiger partial charge in [-0.05, 0) is 43.5 Å². The molecule has 9 heteroatoms. The number of amides is 2. The van der Waals surface area contributed by atoms with E-state index in [0.29, 0.717) is 25.5 Å². The zero-order valence-corrected chi connectivity index (χ0v) is 21.7. The first kappa shape index (κ1) is 26.8. The molecule has 1 fully saturated rings. The van der Waals surface area contributed by atoms with Gasteiger partial charge in [-0.15, -0.1) is 0 Å². The van der Waals surface area contributed by atoms with E-state index in [1.165, 1.54) is 23.3 Å². The second-order valence-corrected chi connectivity index (χ2v) is 9.76. The van der Waals surface area contributed by atoms with E-state index in [2.05, 4.69) is 30.9 Å². The highest BCUT2D eigenvalue weighted by Crippen LogP contribution is 2.33. The summed E-state index contributed by atoms with van der Waals surface area (Å²) < 4.78 is 11.3. The Morgan fingerprint density at radius 1 is 1.16 bits per heavy atom. The number of aliphatic hydroxyl groups is 2. The van der Waals surface area contributed by atoms with Crippen LogP contribution in [0.5, 0.6) is 0 Å². The molecule has 2 N–H and O–H groups in total. The molecule has 0 saturated carbocycles. The molecule has 4 rings (SSSR count). The topological polar surface area (TPSA) is 107 Å². The molecule has 4 unspecified atom stereocenters. The van der Waals surface area contributed by atoms with Crippen molar-refractivity contribution < 1.29 is 29.0 Å². The van der Waals surface area contributed by atoms with Gasteiger partial charge < -0.3 is 34.1 Å². The number of hydrogen-bond donors (Lipinski definition) is 2. The summed E-state index contributed by atoms with van der Waals surface area (Å²) in [5.74, 6) is -0.288. The summed E-state index contributed by atoms with van der Waals surface area (Å²) in [5.41, 5.74) is -0.00185. The van der Waals surface area contributed by atoms with E-state index in [4.69, 9.17) is 9.15 Å². The summed E-state index contributed by atoms with van der Waals surface area (Å²) in [6.45, 7) is 8.95. The Morgan fingerprint density at radius 3 is 2.62 bits per heavy atom. The molecule has 2 heterocycles. The number of aliphatic hydroxyl groups excluding tert-OH is 2. The Labute approximate surface area is 218 Å². The van der Waals surface area contributed by atoms with E-state index in [9.17, 15) is 19.8 Å². The van der Waals surface area contributed by atoms with Crippen LogP contribution in [0.25, 0.3) is 0 Å². The van der Waals surface area contributed by atoms with E-state index in [1.54, 1.807) is 24.1 Å². The average Bonchev–Trinajstić information content (AvgIpc) is 3.55. The second kappa shape index (κ2) is 11.8. The van der Waals surface area contributed by atoms with Crippen molar-refractivity contribution in [2.75, 3.05) is 46.4 Å². The third kappa shape index (κ3) is 6.17. The molecule has 4 atom stereocenters. The molecule has 1 aromatic rings. The van der Waals surface area contributed by atoms with Crippen LogP contribution in [0.4, 0.5) is 0 Å². The van der Waals surface area contributed by atoms with Gasteiger partial charge in [-0.3, -0.25) is 9.59 Å². The molecule has 0 bridgehead atoms. The summed E-state index contributed by atoms with van der Waals surface area (Å²) in [6, 6.07) is 3.48. The maximum atomic E-state index is 13.4. The highest BCUT2D eigenvalue weighted by atomic mass is 16.5. The third-order valence-corrected chi connectivity index (χ3v) is 7.33. The van der Waals surface area contributed by atoms with Crippen LogP contribution in [0.1, 0.15) is 19.6 Å². The van der Waals surface area contributed by atoms with Crippen LogP contribution in [-0.4, -0.2) is 89.2 Å². The lowest BCUT2D eigenvalue weighted by Gasteiger charge is -2.28. The largest absolute Gasteiger partial charge is 0.507 e. The number of ether oxygens (including phenoxy) is 1. The van der Waals surface area contributed by atoms with Crippen LogP contribution in [-0.2, 0) is 20.9 Å². The van der Waals surface area contributed by atoms with Crippen molar-refractivity contribution in [1.82, 2.24) is 14.7 Å². The quantitative estimate of drug-likeness (QED) is 0.497. The summed E-state index contributed by atoms with van der Waals surface area (Å²) in [6.07, 6.45) is 9.00. The van der Waals surface area contributed by atoms with Gasteiger partial charge in [0.1, 0.15) is 23.9 Å². The smallest absolute Gasteiger partial charge is 0.257 e. The van der Waals surface area contributed by atoms with Gasteiger partial charge in [-0.2, -0.15) is 0 Å². The lowest BCUT2D eigenvalue weighted by atomic mass is 9.90. The Morgan fingerprint density at radius 2 is 1.92 bits per heavy atom. The lowest BCUT2D eigenvalue weighted by molar-refractivity contribution is -0.135. The van der Waals surface area contributed by atoms with Gasteiger partial charge >= 0.3 is 0 Å². The lowest BCUT2D eigenvalue weighted by Crippen LogP contribution is -2.41. The molecular formula is C28H37N3O6. The summed E-state index contributed by atoms with van der Waals surface area (Å²) >= 11 is 0. The van der Waals surface area contributed by atoms with E-state index in [0.717, 1.165) is 25.4 Å². The predicted octanol–water partition coefficient (Wildman–Crippen LogP) is 2.48. The van der Waals surface area contributed by atoms with E-state index in [1.807, 2.05) is 6.08 Å². The average molecular weight is 512 g/mol. The molecule has 200 valence electrons. The maximum absolute atomic E-state index is 13.4. The van der Waals surface area contributed by atoms with Gasteiger partial charge in [0.15, 0.2) is 0 Å². The summed E-state index contributed by atoms with van der Waals surface area (Å²) in [4.78, 5) is 31.9. The molecule has 37 heavy (non-hydrogen) atoms. The van der Waals surface area contributed by atoms with Crippen molar-refractivity contribution in [2.45, 2.75) is 26.5 Å². The van der Waals surface area contributed by atoms with Crippen LogP contribution < -0.4 is 0 Å². The van der Waals surface area contributed by atoms with Gasteiger partial charge in [-0.1, -0.05) is 26.0 Å². The molecule has 3 aliphatic rings. The van der Waals surface area contributed by atoms with Gasteiger partial charge in [-0.25, -0.2) is 0 Å². The number of furan rings is 1. The fraction of sp³-hybridized carbons (Fsp3) is 0.500. The van der Waals surface area contributed by atoms with E-state index >= 15 is 0 Å². The standard InChI is InChI=1S/C28H37N3O6/c1-4-30(5-2)10-12-37-21-9-8-19-16-31(17-20(19)13-21)28(35)24-14-23(25(32)15-26(24)33)27(34)29(3)18-22-7-6-11-36-22/h6-9,11,13-15,19-20,24,26,32-33H,4-5,10,12,16-18H2,1-3H3. The molecule has 9 nitrogen and oxygen atoms in total. The minimum absolute atomic E-state index is 0.00185. The molecule has 1 aliphatic heterocycles. The number of carbonyl (C=O) groups is 2. The Hall–Kier alpha value is -3.30. The molecule has 2 aliphatic carbocycles. The van der Waals surface area contributed by atoms with Crippen molar-refractivity contribution >= 4 is 11.8 Å². The van der Waals surface area contributed by atoms with Gasteiger partial charge in [0, 0.05) is 38.5 Å². The van der Waals surface area contributed by atoms with E-state index < -0.39 is 17.9 Å². The number of carbonyl (C=O) groups excluding carboxylic acids is 2. The second-order valence-electron chi connectivity index (χ2n) is 9.76. The van der Waals surface area contributed by atoms with Crippen molar-refractivity contribution in [2.24, 2.45) is 17.8 Å². The molecule has 1 aromatic heterocycles. The number of nitrogens with zero attached hydrogens (tertiary/aromatic N) is 3. The Balaban J connectivity index is 1.39. The number of hydrogen-bond acceptors (Lipinski definition) is 7. The first-order chi connectivity index (χ1) is 17.8. The Kier molecular flexibility index (Phi) is 8.56. The van der Waals surface area contributed by atoms with Gasteiger partial charge in [0.25, 0.3) is 5.91 Å². The molecule has 1 saturated heterocycles. The van der Waals surface area contributed by atoms with Crippen LogP contribution in [0.2, 0.25) is 0 Å². The minimum Gasteiger partial charge on any atom is -0.507 e. The molecule has 0 spiro atoms. The van der Waals surface area contributed by atoms with Gasteiger partial charge in [0.2, 0.25) is 5.91 Å². The van der Waals surface area contributed by atoms with Crippen molar-refractivity contribution in [3.8, 4) is 0 Å². The highest BCUT2D eigenvalue weighted by Gasteiger charge is 2.40. The first-order valence-electron chi connectivity index (χ1n) is 12.9. The molecule has 2 amide bonds. The van der Waals surface area contributed by atoms with Gasteiger partial charge in [0.05, 0.1) is 30.4 Å². The highest BCUT2D eigenvalue weighted by molar-refractivity contribution is 5.98. The number of allylic oxidation sites excluding steroid dienone is 1. The Bertz CT molecular complexity index is 1090. The molecular weight excluding hydrogens is 474 g/mol. The summed E-state index contributed by atoms with van der Waals surface area (Å²) in [5, 5.41) is 21.0. The zero-order valence-electron chi connectivity index (χ0n) is 21.7. The summed E-state index contributed by atoms with van der Waals surface area (Å²) in [7, 11) is 1.59. The first-order valence-corrected chi connectivity index (χ1v) is 12.9. The fourth-order valence-corrected chi connectivity index (χ4v) is 5.07. The molecule has 0 radical (unpaired) electrons. The normalized spacial score (nSPS) is 24.9. The van der Waals surface area contributed by atoms with Crippen molar-refractivity contribution in [3.63, 3.8) is 0 Å². The zero-order chi connectivity index (χ0) is 26.5. The predicted molar refractivity (Wildman–Crippen MR) is 138 cm³/mol. The monoisotopic (exact) mass is 511 g/mol. The number of likely N-dealkylation sites (tertiary alicyclic amines) is 1. The van der Waals surface area contributed by atoms with E-state index in [-0.39, 0.29) is 35.6 Å². The third-order valence-electron chi connectivity index (χ3n) is 7.33. The fourth-order valence-electron chi connectivity index (χ4n) is 5.07. The van der Waals surface area contributed by atoms with Crippen LogP contribution in [0.3, 0.4) is 0 Å². The number of fused-ring (bicyclic) bond motifs is 1. The number of rotatable bonds is 10. The molecule has 0 aromatic carbocycles. The van der Waals surface area contributed by atoms with Crippen molar-refractivity contribution in [3.05, 3.63) is 71.6 Å². The van der Waals surface area contributed by atoms with Crippen molar-refractivity contribution in [1.29, 1.82) is 0 Å². The number of likely N-dealkylation sites (N-methyl/N-ethyl adjacent to an activating group) is 2. The maximum Gasteiger partial charge on any atom is 0.257 e. The van der Waals surface area contributed by atoms with Crippen LogP contribution in [0.15, 0.2) is 70.3 Å².